The van der Waals surface area contributed by atoms with Crippen LogP contribution in [0, 0.1) is 0 Å². The van der Waals surface area contributed by atoms with E-state index in [0.29, 0.717) is 28.6 Å². The van der Waals surface area contributed by atoms with E-state index in [1.807, 2.05) is 0 Å². The summed E-state index contributed by atoms with van der Waals surface area (Å²) in [5, 5.41) is 10.5. The van der Waals surface area contributed by atoms with Crippen molar-refractivity contribution in [1.82, 2.24) is 4.98 Å². The molecule has 1 N–H and O–H groups in total. The van der Waals surface area contributed by atoms with Crippen LogP contribution in [0.4, 0.5) is 0 Å². The fraction of sp³-hybridized carbons (Fsp3) is 0.267. The van der Waals surface area contributed by atoms with E-state index in [1.54, 1.807) is 50.6 Å². The zero-order chi connectivity index (χ0) is 14.5. The van der Waals surface area contributed by atoms with Crippen LogP contribution in [-0.4, -0.2) is 31.4 Å². The van der Waals surface area contributed by atoms with E-state index in [1.165, 1.54) is 7.11 Å². The van der Waals surface area contributed by atoms with E-state index in [-0.39, 0.29) is 0 Å². The molecule has 2 aromatic rings. The van der Waals surface area contributed by atoms with E-state index >= 15 is 0 Å². The molecule has 1 aromatic carbocycles. The Hall–Kier alpha value is -2.27. The summed E-state index contributed by atoms with van der Waals surface area (Å²) in [6.45, 7) is 0. The number of aliphatic hydroxyl groups is 1. The summed E-state index contributed by atoms with van der Waals surface area (Å²) in [6, 6.07) is 10.5. The number of hydrogen-bond acceptors (Lipinski definition) is 5. The van der Waals surface area contributed by atoms with Crippen molar-refractivity contribution < 1.29 is 19.3 Å². The highest BCUT2D eigenvalue weighted by Crippen LogP contribution is 2.32. The van der Waals surface area contributed by atoms with Gasteiger partial charge in [0.25, 0.3) is 0 Å². The minimum atomic E-state index is -0.921. The van der Waals surface area contributed by atoms with Gasteiger partial charge in [0, 0.05) is 11.6 Å². The quantitative estimate of drug-likeness (QED) is 0.906. The lowest BCUT2D eigenvalue weighted by atomic mass is 10.0. The first-order chi connectivity index (χ1) is 9.69. The zero-order valence-corrected chi connectivity index (χ0v) is 11.7. The van der Waals surface area contributed by atoms with Gasteiger partial charge in [-0.15, -0.1) is 0 Å². The van der Waals surface area contributed by atoms with E-state index in [2.05, 4.69) is 4.98 Å². The van der Waals surface area contributed by atoms with Crippen molar-refractivity contribution >= 4 is 0 Å². The summed E-state index contributed by atoms with van der Waals surface area (Å²) in [5.74, 6) is 1.66. The average Bonchev–Trinajstić information content (AvgIpc) is 2.53. The third kappa shape index (κ3) is 2.83. The number of aromatic nitrogens is 1. The molecule has 0 spiro atoms. The van der Waals surface area contributed by atoms with Crippen LogP contribution >= 0.6 is 0 Å². The molecule has 0 saturated carbocycles. The predicted octanol–water partition coefficient (Wildman–Crippen LogP) is 2.19. The molecular formula is C15H17NO4. The molecule has 0 aliphatic rings. The number of rotatable bonds is 5. The number of benzene rings is 1. The van der Waals surface area contributed by atoms with Crippen LogP contribution in [0.2, 0.25) is 0 Å². The van der Waals surface area contributed by atoms with Crippen LogP contribution in [0.1, 0.15) is 17.4 Å². The molecule has 1 atom stereocenters. The summed E-state index contributed by atoms with van der Waals surface area (Å²) in [6.07, 6.45) is -0.921. The van der Waals surface area contributed by atoms with Crippen LogP contribution in [0.25, 0.3) is 0 Å². The Morgan fingerprint density at radius 2 is 1.80 bits per heavy atom. The molecule has 0 amide bonds. The molecule has 20 heavy (non-hydrogen) atoms. The van der Waals surface area contributed by atoms with Crippen molar-refractivity contribution in [2.24, 2.45) is 0 Å². The van der Waals surface area contributed by atoms with Gasteiger partial charge in [0.1, 0.15) is 17.6 Å². The molecule has 0 bridgehead atoms. The van der Waals surface area contributed by atoms with E-state index in [4.69, 9.17) is 14.2 Å². The molecule has 5 heteroatoms. The second kappa shape index (κ2) is 6.25. The maximum atomic E-state index is 10.5. The highest BCUT2D eigenvalue weighted by Gasteiger charge is 2.18. The normalized spacial score (nSPS) is 11.8. The van der Waals surface area contributed by atoms with Gasteiger partial charge >= 0.3 is 0 Å². The van der Waals surface area contributed by atoms with Gasteiger partial charge in [-0.05, 0) is 24.3 Å². The number of methoxy groups -OCH3 is 3. The van der Waals surface area contributed by atoms with Crippen LogP contribution in [0.3, 0.4) is 0 Å². The molecule has 0 fully saturated rings. The lowest BCUT2D eigenvalue weighted by molar-refractivity contribution is 0.208. The molecular weight excluding hydrogens is 258 g/mol. The first kappa shape index (κ1) is 14.1. The van der Waals surface area contributed by atoms with Gasteiger partial charge in [0.2, 0.25) is 5.88 Å². The van der Waals surface area contributed by atoms with Gasteiger partial charge in [-0.25, -0.2) is 4.98 Å². The first-order valence-corrected chi connectivity index (χ1v) is 6.10. The highest BCUT2D eigenvalue weighted by atomic mass is 16.5. The summed E-state index contributed by atoms with van der Waals surface area (Å²) in [5.41, 5.74) is 1.07. The van der Waals surface area contributed by atoms with Crippen molar-refractivity contribution in [3.8, 4) is 17.4 Å². The van der Waals surface area contributed by atoms with Gasteiger partial charge in [0.05, 0.1) is 27.0 Å². The Bertz CT molecular complexity index is 586. The number of pyridine rings is 1. The fourth-order valence-electron chi connectivity index (χ4n) is 1.91. The van der Waals surface area contributed by atoms with Crippen molar-refractivity contribution in [3.05, 3.63) is 47.7 Å². The lowest BCUT2D eigenvalue weighted by Crippen LogP contribution is -2.05. The van der Waals surface area contributed by atoms with Crippen molar-refractivity contribution in [3.63, 3.8) is 0 Å². The van der Waals surface area contributed by atoms with Gasteiger partial charge < -0.3 is 19.3 Å². The minimum Gasteiger partial charge on any atom is -0.497 e. The molecule has 0 aliphatic carbocycles. The molecule has 1 unspecified atom stereocenters. The van der Waals surface area contributed by atoms with Crippen LogP contribution in [0.5, 0.6) is 17.4 Å². The third-order valence-corrected chi connectivity index (χ3v) is 2.97. The van der Waals surface area contributed by atoms with Crippen LogP contribution < -0.4 is 14.2 Å². The molecule has 0 radical (unpaired) electrons. The summed E-state index contributed by atoms with van der Waals surface area (Å²) in [7, 11) is 4.66. The average molecular weight is 275 g/mol. The summed E-state index contributed by atoms with van der Waals surface area (Å²) >= 11 is 0. The highest BCUT2D eigenvalue weighted by molar-refractivity contribution is 5.44. The SMILES string of the molecule is COc1ccc(OC)c(C(O)c2cccc(OC)n2)c1. The van der Waals surface area contributed by atoms with Crippen molar-refractivity contribution in [2.45, 2.75) is 6.10 Å². The Kier molecular flexibility index (Phi) is 4.42. The van der Waals surface area contributed by atoms with Gasteiger partial charge in [0.15, 0.2) is 0 Å². The third-order valence-electron chi connectivity index (χ3n) is 2.97. The standard InChI is InChI=1S/C15H17NO4/c1-18-10-7-8-13(19-2)11(9-10)15(17)12-5-4-6-14(16-12)20-3/h4-9,15,17H,1-3H3. The van der Waals surface area contributed by atoms with Gasteiger partial charge in [-0.2, -0.15) is 0 Å². The molecule has 1 heterocycles. The van der Waals surface area contributed by atoms with Crippen LogP contribution in [0.15, 0.2) is 36.4 Å². The predicted molar refractivity (Wildman–Crippen MR) is 74.4 cm³/mol. The second-order valence-electron chi connectivity index (χ2n) is 4.12. The summed E-state index contributed by atoms with van der Waals surface area (Å²) in [4.78, 5) is 4.23. The Morgan fingerprint density at radius 3 is 2.45 bits per heavy atom. The zero-order valence-electron chi connectivity index (χ0n) is 11.7. The fourth-order valence-corrected chi connectivity index (χ4v) is 1.91. The van der Waals surface area contributed by atoms with Gasteiger partial charge in [-0.1, -0.05) is 6.07 Å². The minimum absolute atomic E-state index is 0.448. The Balaban J connectivity index is 2.42. The topological polar surface area (TPSA) is 60.8 Å². The van der Waals surface area contributed by atoms with E-state index in [9.17, 15) is 5.11 Å². The van der Waals surface area contributed by atoms with Crippen molar-refractivity contribution in [1.29, 1.82) is 0 Å². The molecule has 1 aromatic heterocycles. The lowest BCUT2D eigenvalue weighted by Gasteiger charge is -2.16. The number of hydrogen-bond donors (Lipinski definition) is 1. The largest absolute Gasteiger partial charge is 0.497 e. The molecule has 106 valence electrons. The summed E-state index contributed by atoms with van der Waals surface area (Å²) < 4.78 is 15.5. The number of ether oxygens (including phenoxy) is 3. The van der Waals surface area contributed by atoms with Crippen LogP contribution in [-0.2, 0) is 0 Å². The monoisotopic (exact) mass is 275 g/mol. The number of nitrogens with zero attached hydrogens (tertiary/aromatic N) is 1. The Morgan fingerprint density at radius 1 is 1.00 bits per heavy atom. The van der Waals surface area contributed by atoms with Crippen molar-refractivity contribution in [2.75, 3.05) is 21.3 Å². The molecule has 0 aliphatic heterocycles. The smallest absolute Gasteiger partial charge is 0.213 e. The Labute approximate surface area is 117 Å². The van der Waals surface area contributed by atoms with E-state index < -0.39 is 6.10 Å². The van der Waals surface area contributed by atoms with E-state index in [0.717, 1.165) is 0 Å². The molecule has 2 rings (SSSR count). The molecule has 5 nitrogen and oxygen atoms in total. The van der Waals surface area contributed by atoms with Gasteiger partial charge in [-0.3, -0.25) is 0 Å². The molecule has 0 saturated heterocycles. The second-order valence-corrected chi connectivity index (χ2v) is 4.12. The maximum Gasteiger partial charge on any atom is 0.213 e. The maximum absolute atomic E-state index is 10.5. The number of aliphatic hydroxyl groups excluding tert-OH is 1. The first-order valence-electron chi connectivity index (χ1n) is 6.10.